The highest BCUT2D eigenvalue weighted by Gasteiger charge is 2.25. The lowest BCUT2D eigenvalue weighted by Crippen LogP contribution is -2.39. The Morgan fingerprint density at radius 3 is 2.50 bits per heavy atom. The molecule has 2 aromatic carbocycles. The quantitative estimate of drug-likeness (QED) is 0.508. The number of amides is 2. The number of benzene rings is 2. The fourth-order valence-electron chi connectivity index (χ4n) is 3.82. The molecule has 0 saturated carbocycles. The minimum atomic E-state index is -0.240. The number of hydrogen-bond acceptors (Lipinski definition) is 5. The normalized spacial score (nSPS) is 14.5. The van der Waals surface area contributed by atoms with Gasteiger partial charge >= 0.3 is 0 Å². The van der Waals surface area contributed by atoms with Crippen LogP contribution in [0.15, 0.2) is 65.8 Å². The van der Waals surface area contributed by atoms with Crippen molar-refractivity contribution in [1.82, 2.24) is 25.0 Å². The van der Waals surface area contributed by atoms with E-state index in [0.717, 1.165) is 29.9 Å². The van der Waals surface area contributed by atoms with Gasteiger partial charge in [-0.1, -0.05) is 72.4 Å². The maximum Gasteiger partial charge on any atom is 0.231 e. The fraction of sp³-hybridized carbons (Fsp3) is 0.333. The highest BCUT2D eigenvalue weighted by atomic mass is 32.2. The van der Waals surface area contributed by atoms with Crippen molar-refractivity contribution >= 4 is 23.6 Å². The summed E-state index contributed by atoms with van der Waals surface area (Å²) in [5.41, 5.74) is 2.15. The number of carbonyl (C=O) groups excluding carboxylic acids is 2. The van der Waals surface area contributed by atoms with Crippen molar-refractivity contribution in [2.75, 3.05) is 18.8 Å². The SMILES string of the molecule is Cc1nnc(SCC(=O)NC(CN2CCCC2=O)c2ccccc2)n1Cc1ccccc1. The van der Waals surface area contributed by atoms with Gasteiger partial charge < -0.3 is 14.8 Å². The fourth-order valence-corrected chi connectivity index (χ4v) is 4.61. The van der Waals surface area contributed by atoms with Crippen LogP contribution in [0.25, 0.3) is 0 Å². The Labute approximate surface area is 192 Å². The van der Waals surface area contributed by atoms with Gasteiger partial charge in [-0.2, -0.15) is 0 Å². The molecule has 1 aliphatic heterocycles. The van der Waals surface area contributed by atoms with Gasteiger partial charge in [0.1, 0.15) is 5.82 Å². The van der Waals surface area contributed by atoms with Crippen LogP contribution in [0, 0.1) is 6.92 Å². The second kappa shape index (κ2) is 10.5. The van der Waals surface area contributed by atoms with E-state index in [2.05, 4.69) is 27.6 Å². The summed E-state index contributed by atoms with van der Waals surface area (Å²) in [4.78, 5) is 26.8. The van der Waals surface area contributed by atoms with E-state index in [1.54, 1.807) is 0 Å². The van der Waals surface area contributed by atoms with Crippen molar-refractivity contribution in [1.29, 1.82) is 0 Å². The van der Waals surface area contributed by atoms with Crippen molar-refractivity contribution < 1.29 is 9.59 Å². The molecule has 2 heterocycles. The van der Waals surface area contributed by atoms with Gasteiger partial charge in [-0.15, -0.1) is 10.2 Å². The van der Waals surface area contributed by atoms with E-state index >= 15 is 0 Å². The van der Waals surface area contributed by atoms with Crippen LogP contribution in [0.3, 0.4) is 0 Å². The van der Waals surface area contributed by atoms with Gasteiger partial charge in [-0.05, 0) is 24.5 Å². The zero-order valence-electron chi connectivity index (χ0n) is 18.1. The molecule has 1 unspecified atom stereocenters. The van der Waals surface area contributed by atoms with Crippen LogP contribution in [-0.4, -0.2) is 50.3 Å². The van der Waals surface area contributed by atoms with Crippen molar-refractivity contribution in [3.05, 3.63) is 77.6 Å². The minimum Gasteiger partial charge on any atom is -0.347 e. The summed E-state index contributed by atoms with van der Waals surface area (Å²) in [5.74, 6) is 1.09. The molecule has 0 bridgehead atoms. The lowest BCUT2D eigenvalue weighted by atomic mass is 10.1. The molecule has 0 aliphatic carbocycles. The standard InChI is InChI=1S/C24H27N5O2S/c1-18-26-27-24(29(18)15-19-9-4-2-5-10-19)32-17-22(30)25-21(20-11-6-3-7-12-20)16-28-14-8-13-23(28)31/h2-7,9-12,21H,8,13-17H2,1H3,(H,25,30). The van der Waals surface area contributed by atoms with E-state index in [0.29, 0.717) is 24.7 Å². The molecule has 1 aliphatic rings. The number of nitrogens with one attached hydrogen (secondary N) is 1. The lowest BCUT2D eigenvalue weighted by Gasteiger charge is -2.25. The molecule has 166 valence electrons. The predicted molar refractivity (Wildman–Crippen MR) is 124 cm³/mol. The van der Waals surface area contributed by atoms with E-state index in [9.17, 15) is 9.59 Å². The Kier molecular flexibility index (Phi) is 7.21. The van der Waals surface area contributed by atoms with Gasteiger partial charge in [0.05, 0.1) is 18.3 Å². The first kappa shape index (κ1) is 22.1. The second-order valence-electron chi connectivity index (χ2n) is 7.86. The maximum atomic E-state index is 12.8. The molecule has 4 rings (SSSR count). The van der Waals surface area contributed by atoms with E-state index in [4.69, 9.17) is 0 Å². The molecule has 2 amide bonds. The first-order chi connectivity index (χ1) is 15.6. The molecule has 0 spiro atoms. The van der Waals surface area contributed by atoms with Gasteiger partial charge in [0.25, 0.3) is 0 Å². The molecule has 1 saturated heterocycles. The number of hydrogen-bond donors (Lipinski definition) is 1. The molecule has 7 nitrogen and oxygen atoms in total. The number of aromatic nitrogens is 3. The zero-order valence-corrected chi connectivity index (χ0v) is 18.9. The molecular weight excluding hydrogens is 422 g/mol. The Bertz CT molecular complexity index is 1050. The van der Waals surface area contributed by atoms with Crippen LogP contribution in [0.1, 0.15) is 35.8 Å². The second-order valence-corrected chi connectivity index (χ2v) is 8.81. The maximum absolute atomic E-state index is 12.8. The number of rotatable bonds is 9. The molecule has 1 aromatic heterocycles. The third-order valence-corrected chi connectivity index (χ3v) is 6.50. The van der Waals surface area contributed by atoms with E-state index < -0.39 is 0 Å². The van der Waals surface area contributed by atoms with Gasteiger partial charge in [0, 0.05) is 19.5 Å². The van der Waals surface area contributed by atoms with Gasteiger partial charge in [-0.3, -0.25) is 9.59 Å². The summed E-state index contributed by atoms with van der Waals surface area (Å²) >= 11 is 1.37. The third kappa shape index (κ3) is 5.56. The zero-order chi connectivity index (χ0) is 22.3. The number of likely N-dealkylation sites (tertiary alicyclic amines) is 1. The Hall–Kier alpha value is -3.13. The summed E-state index contributed by atoms with van der Waals surface area (Å²) in [6.07, 6.45) is 1.46. The van der Waals surface area contributed by atoms with Crippen LogP contribution in [-0.2, 0) is 16.1 Å². The first-order valence-corrected chi connectivity index (χ1v) is 11.8. The third-order valence-electron chi connectivity index (χ3n) is 5.53. The molecule has 32 heavy (non-hydrogen) atoms. The van der Waals surface area contributed by atoms with Gasteiger partial charge in [0.2, 0.25) is 11.8 Å². The summed E-state index contributed by atoms with van der Waals surface area (Å²) in [6, 6.07) is 19.7. The van der Waals surface area contributed by atoms with E-state index in [1.807, 2.05) is 64.9 Å². The largest absolute Gasteiger partial charge is 0.347 e. The van der Waals surface area contributed by atoms with Crippen molar-refractivity contribution in [3.63, 3.8) is 0 Å². The summed E-state index contributed by atoms with van der Waals surface area (Å²) in [7, 11) is 0. The van der Waals surface area contributed by atoms with Crippen LogP contribution in [0.2, 0.25) is 0 Å². The smallest absolute Gasteiger partial charge is 0.231 e. The van der Waals surface area contributed by atoms with Crippen LogP contribution in [0.4, 0.5) is 0 Å². The van der Waals surface area contributed by atoms with Crippen LogP contribution < -0.4 is 5.32 Å². The Morgan fingerprint density at radius 2 is 1.81 bits per heavy atom. The first-order valence-electron chi connectivity index (χ1n) is 10.8. The van der Waals surface area contributed by atoms with E-state index in [1.165, 1.54) is 11.8 Å². The Morgan fingerprint density at radius 1 is 1.09 bits per heavy atom. The lowest BCUT2D eigenvalue weighted by molar-refractivity contribution is -0.128. The highest BCUT2D eigenvalue weighted by Crippen LogP contribution is 2.21. The summed E-state index contributed by atoms with van der Waals surface area (Å²) in [6.45, 7) is 3.81. The monoisotopic (exact) mass is 449 g/mol. The van der Waals surface area contributed by atoms with E-state index in [-0.39, 0.29) is 23.6 Å². The van der Waals surface area contributed by atoms with Crippen LogP contribution >= 0.6 is 11.8 Å². The molecule has 1 fully saturated rings. The molecule has 1 atom stereocenters. The van der Waals surface area contributed by atoms with Gasteiger partial charge in [-0.25, -0.2) is 0 Å². The Balaban J connectivity index is 1.40. The molecule has 8 heteroatoms. The average Bonchev–Trinajstić information content (AvgIpc) is 3.38. The predicted octanol–water partition coefficient (Wildman–Crippen LogP) is 3.21. The molecule has 0 radical (unpaired) electrons. The van der Waals surface area contributed by atoms with Crippen molar-refractivity contribution in [2.24, 2.45) is 0 Å². The number of carbonyl (C=O) groups is 2. The van der Waals surface area contributed by atoms with Crippen molar-refractivity contribution in [2.45, 2.75) is 37.5 Å². The minimum absolute atomic E-state index is 0.0950. The summed E-state index contributed by atoms with van der Waals surface area (Å²) in [5, 5.41) is 12.3. The molecular formula is C24H27N5O2S. The van der Waals surface area contributed by atoms with Crippen LogP contribution in [0.5, 0.6) is 0 Å². The van der Waals surface area contributed by atoms with Gasteiger partial charge in [0.15, 0.2) is 5.16 Å². The highest BCUT2D eigenvalue weighted by molar-refractivity contribution is 7.99. The average molecular weight is 450 g/mol. The molecule has 1 N–H and O–H groups in total. The number of aryl methyl sites for hydroxylation is 1. The number of thioether (sulfide) groups is 1. The summed E-state index contributed by atoms with van der Waals surface area (Å²) < 4.78 is 2.02. The van der Waals surface area contributed by atoms with Crippen molar-refractivity contribution in [3.8, 4) is 0 Å². The molecule has 3 aromatic rings. The number of nitrogens with zero attached hydrogens (tertiary/aromatic N) is 4. The topological polar surface area (TPSA) is 80.1 Å².